The van der Waals surface area contributed by atoms with Gasteiger partial charge in [0.05, 0.1) is 11.3 Å². The van der Waals surface area contributed by atoms with Crippen LogP contribution in [-0.4, -0.2) is 37.0 Å². The van der Waals surface area contributed by atoms with Crippen LogP contribution >= 0.6 is 0 Å². The quantitative estimate of drug-likeness (QED) is 0.572. The Morgan fingerprint density at radius 1 is 1.33 bits per heavy atom. The fourth-order valence-corrected chi connectivity index (χ4v) is 3.13. The molecule has 5 nitrogen and oxygen atoms in total. The van der Waals surface area contributed by atoms with Gasteiger partial charge in [-0.25, -0.2) is 0 Å². The molecule has 1 aromatic rings. The summed E-state index contributed by atoms with van der Waals surface area (Å²) in [6, 6.07) is 5.63. The topological polar surface area (TPSA) is 70.4 Å². The molecule has 2 rings (SSSR count). The molecule has 0 atom stereocenters. The zero-order valence-electron chi connectivity index (χ0n) is 13.2. The molecule has 4 N–H and O–H groups in total. The van der Waals surface area contributed by atoms with Crippen molar-refractivity contribution in [2.75, 3.05) is 26.1 Å². The fraction of sp³-hybridized carbons (Fsp3) is 0.562. The van der Waals surface area contributed by atoms with Gasteiger partial charge in [-0.3, -0.25) is 10.6 Å². The van der Waals surface area contributed by atoms with Crippen LogP contribution in [0.3, 0.4) is 0 Å². The predicted octanol–water partition coefficient (Wildman–Crippen LogP) is 1.88. The Bertz CT molecular complexity index is 507. The van der Waals surface area contributed by atoms with Crippen LogP contribution in [0.2, 0.25) is 0 Å². The van der Waals surface area contributed by atoms with Crippen LogP contribution in [0.15, 0.2) is 18.2 Å². The molecular formula is C16H26N4O. The molecule has 0 unspecified atom stereocenters. The minimum Gasteiger partial charge on any atom is -0.350 e. The van der Waals surface area contributed by atoms with Crippen LogP contribution in [0.5, 0.6) is 0 Å². The normalized spacial score (nSPS) is 17.0. The zero-order valence-corrected chi connectivity index (χ0v) is 13.2. The van der Waals surface area contributed by atoms with E-state index in [1.54, 1.807) is 0 Å². The van der Waals surface area contributed by atoms with E-state index in [0.29, 0.717) is 17.8 Å². The molecule has 1 saturated carbocycles. The van der Waals surface area contributed by atoms with Crippen molar-refractivity contribution in [2.45, 2.75) is 38.1 Å². The predicted molar refractivity (Wildman–Crippen MR) is 86.2 cm³/mol. The Morgan fingerprint density at radius 2 is 2.00 bits per heavy atom. The third-order valence-electron chi connectivity index (χ3n) is 4.64. The minimum absolute atomic E-state index is 0.0697. The summed E-state index contributed by atoms with van der Waals surface area (Å²) >= 11 is 0. The minimum atomic E-state index is -0.0697. The maximum atomic E-state index is 12.5. The average molecular weight is 290 g/mol. The molecule has 0 bridgehead atoms. The van der Waals surface area contributed by atoms with Crippen molar-refractivity contribution < 1.29 is 4.79 Å². The highest BCUT2D eigenvalue weighted by atomic mass is 16.1. The maximum absolute atomic E-state index is 12.5. The number of hydrazine groups is 1. The molecule has 1 aliphatic carbocycles. The number of rotatable bonds is 5. The lowest BCUT2D eigenvalue weighted by Gasteiger charge is -2.36. The Balaban J connectivity index is 2.10. The maximum Gasteiger partial charge on any atom is 0.253 e. The van der Waals surface area contributed by atoms with Crippen LogP contribution in [0.25, 0.3) is 0 Å². The second-order valence-electron chi connectivity index (χ2n) is 6.20. The van der Waals surface area contributed by atoms with E-state index < -0.39 is 0 Å². The van der Waals surface area contributed by atoms with Crippen molar-refractivity contribution in [3.63, 3.8) is 0 Å². The van der Waals surface area contributed by atoms with Crippen molar-refractivity contribution in [3.05, 3.63) is 29.3 Å². The van der Waals surface area contributed by atoms with E-state index in [4.69, 9.17) is 5.84 Å². The standard InChI is InChI=1S/C16H26N4O/c1-12-6-7-14(19-17)13(10-12)15(21)18-11-16(20(2)3)8-4-5-9-16/h6-7,10,19H,4-5,8-9,11,17H2,1-3H3,(H,18,21). The van der Waals surface area contributed by atoms with E-state index in [2.05, 4.69) is 29.7 Å². The number of hydrogen-bond acceptors (Lipinski definition) is 4. The lowest BCUT2D eigenvalue weighted by atomic mass is 9.95. The number of amides is 1. The van der Waals surface area contributed by atoms with Crippen LogP contribution in [0, 0.1) is 6.92 Å². The smallest absolute Gasteiger partial charge is 0.253 e. The summed E-state index contributed by atoms with van der Waals surface area (Å²) in [5, 5.41) is 3.09. The van der Waals surface area contributed by atoms with Gasteiger partial charge in [0.2, 0.25) is 0 Å². The zero-order chi connectivity index (χ0) is 15.5. The van der Waals surface area contributed by atoms with Crippen molar-refractivity contribution in [1.82, 2.24) is 10.2 Å². The molecule has 0 radical (unpaired) electrons. The number of carbonyl (C=O) groups is 1. The van der Waals surface area contributed by atoms with Gasteiger partial charge in [-0.15, -0.1) is 0 Å². The summed E-state index contributed by atoms with van der Waals surface area (Å²) in [5.74, 6) is 5.42. The van der Waals surface area contributed by atoms with Crippen molar-refractivity contribution in [3.8, 4) is 0 Å². The van der Waals surface area contributed by atoms with Gasteiger partial charge in [0.15, 0.2) is 0 Å². The number of benzene rings is 1. The monoisotopic (exact) mass is 290 g/mol. The number of carbonyl (C=O) groups excluding carboxylic acids is 1. The van der Waals surface area contributed by atoms with Gasteiger partial charge in [-0.1, -0.05) is 24.5 Å². The molecule has 1 amide bonds. The summed E-state index contributed by atoms with van der Waals surface area (Å²) in [6.07, 6.45) is 4.73. The van der Waals surface area contributed by atoms with E-state index in [-0.39, 0.29) is 11.4 Å². The first kappa shape index (κ1) is 15.8. The van der Waals surface area contributed by atoms with Crippen molar-refractivity contribution in [1.29, 1.82) is 0 Å². The lowest BCUT2D eigenvalue weighted by Crippen LogP contribution is -2.50. The summed E-state index contributed by atoms with van der Waals surface area (Å²) in [6.45, 7) is 2.64. The van der Waals surface area contributed by atoms with Crippen LogP contribution in [0.4, 0.5) is 5.69 Å². The van der Waals surface area contributed by atoms with E-state index in [9.17, 15) is 4.79 Å². The van der Waals surface area contributed by atoms with E-state index in [1.807, 2.05) is 25.1 Å². The fourth-order valence-electron chi connectivity index (χ4n) is 3.13. The molecule has 0 saturated heterocycles. The lowest BCUT2D eigenvalue weighted by molar-refractivity contribution is 0.0900. The van der Waals surface area contributed by atoms with Gasteiger partial charge < -0.3 is 15.6 Å². The third-order valence-corrected chi connectivity index (χ3v) is 4.64. The van der Waals surface area contributed by atoms with Gasteiger partial charge in [0, 0.05) is 12.1 Å². The van der Waals surface area contributed by atoms with Crippen LogP contribution in [-0.2, 0) is 0 Å². The molecule has 1 aromatic carbocycles. The number of nitrogens with one attached hydrogen (secondary N) is 2. The molecule has 5 heteroatoms. The summed E-state index contributed by atoms with van der Waals surface area (Å²) in [7, 11) is 4.19. The number of nitrogens with zero attached hydrogens (tertiary/aromatic N) is 1. The molecule has 1 aliphatic rings. The summed E-state index contributed by atoms with van der Waals surface area (Å²) in [4.78, 5) is 14.7. The molecule has 0 aromatic heterocycles. The SMILES string of the molecule is Cc1ccc(NN)c(C(=O)NCC2(N(C)C)CCCC2)c1. The van der Waals surface area contributed by atoms with Gasteiger partial charge in [0.1, 0.15) is 0 Å². The third kappa shape index (κ3) is 3.36. The molecule has 1 fully saturated rings. The van der Waals surface area contributed by atoms with E-state index >= 15 is 0 Å². The van der Waals surface area contributed by atoms with Crippen molar-refractivity contribution in [2.24, 2.45) is 5.84 Å². The first-order valence-electron chi connectivity index (χ1n) is 7.51. The number of nitrogens with two attached hydrogens (primary N) is 1. The molecule has 116 valence electrons. The Labute approximate surface area is 126 Å². The Hall–Kier alpha value is -1.59. The number of nitrogen functional groups attached to an aromatic ring is 1. The molecule has 0 spiro atoms. The molecule has 0 heterocycles. The number of anilines is 1. The first-order valence-corrected chi connectivity index (χ1v) is 7.51. The van der Waals surface area contributed by atoms with Gasteiger partial charge >= 0.3 is 0 Å². The number of hydrogen-bond donors (Lipinski definition) is 3. The van der Waals surface area contributed by atoms with E-state index in [0.717, 1.165) is 18.4 Å². The largest absolute Gasteiger partial charge is 0.350 e. The highest BCUT2D eigenvalue weighted by molar-refractivity contribution is 5.99. The van der Waals surface area contributed by atoms with Crippen LogP contribution in [0.1, 0.15) is 41.6 Å². The Morgan fingerprint density at radius 3 is 2.57 bits per heavy atom. The second-order valence-corrected chi connectivity index (χ2v) is 6.20. The highest BCUT2D eigenvalue weighted by Crippen LogP contribution is 2.33. The van der Waals surface area contributed by atoms with Gasteiger partial charge in [-0.05, 0) is 46.0 Å². The second kappa shape index (κ2) is 6.45. The van der Waals surface area contributed by atoms with Crippen molar-refractivity contribution >= 4 is 11.6 Å². The Kier molecular flexibility index (Phi) is 4.85. The van der Waals surface area contributed by atoms with Gasteiger partial charge in [-0.2, -0.15) is 0 Å². The average Bonchev–Trinajstić information content (AvgIpc) is 2.95. The molecule has 21 heavy (non-hydrogen) atoms. The van der Waals surface area contributed by atoms with E-state index in [1.165, 1.54) is 12.8 Å². The highest BCUT2D eigenvalue weighted by Gasteiger charge is 2.36. The van der Waals surface area contributed by atoms with Gasteiger partial charge in [0.25, 0.3) is 5.91 Å². The number of aryl methyl sites for hydroxylation is 1. The summed E-state index contributed by atoms with van der Waals surface area (Å²) < 4.78 is 0. The number of likely N-dealkylation sites (N-methyl/N-ethyl adjacent to an activating group) is 1. The molecule has 0 aliphatic heterocycles. The van der Waals surface area contributed by atoms with Crippen LogP contribution < -0.4 is 16.6 Å². The first-order chi connectivity index (χ1) is 9.98. The summed E-state index contributed by atoms with van der Waals surface area (Å²) in [5.41, 5.74) is 4.99. The molecular weight excluding hydrogens is 264 g/mol.